The van der Waals surface area contributed by atoms with Gasteiger partial charge in [0.25, 0.3) is 0 Å². The third-order valence-corrected chi connectivity index (χ3v) is 7.26. The third kappa shape index (κ3) is 5.47. The Morgan fingerprint density at radius 1 is 1.00 bits per heavy atom. The molecule has 1 unspecified atom stereocenters. The number of fused-ring (bicyclic) bond motifs is 1. The summed E-state index contributed by atoms with van der Waals surface area (Å²) in [5.41, 5.74) is 1.42. The van der Waals surface area contributed by atoms with Gasteiger partial charge in [-0.1, -0.05) is 30.0 Å². The smallest absolute Gasteiger partial charge is 0.345 e. The van der Waals surface area contributed by atoms with Crippen LogP contribution in [-0.4, -0.2) is 18.2 Å². The van der Waals surface area contributed by atoms with Crippen molar-refractivity contribution in [2.45, 2.75) is 33.3 Å². The van der Waals surface area contributed by atoms with Crippen LogP contribution in [0.4, 0.5) is 4.39 Å². The van der Waals surface area contributed by atoms with Gasteiger partial charge in [0.1, 0.15) is 16.9 Å². The van der Waals surface area contributed by atoms with E-state index in [9.17, 15) is 9.18 Å². The Labute approximate surface area is 202 Å². The zero-order valence-electron chi connectivity index (χ0n) is 19.6. The van der Waals surface area contributed by atoms with Crippen molar-refractivity contribution < 1.29 is 18.7 Å². The molecule has 0 spiro atoms. The Morgan fingerprint density at radius 2 is 1.74 bits per heavy atom. The predicted octanol–water partition coefficient (Wildman–Crippen LogP) is 7.09. The molecule has 3 nitrogen and oxygen atoms in total. The topological polar surface area (TPSA) is 35.5 Å². The van der Waals surface area contributed by atoms with E-state index < -0.39 is 11.6 Å². The predicted molar refractivity (Wildman–Crippen MR) is 136 cm³/mol. The van der Waals surface area contributed by atoms with Gasteiger partial charge in [-0.3, -0.25) is 0 Å². The number of esters is 1. The minimum absolute atomic E-state index is 0.107. The zero-order valence-corrected chi connectivity index (χ0v) is 20.5. The molecule has 0 saturated carbocycles. The molecule has 1 atom stereocenters. The molecule has 0 fully saturated rings. The first-order chi connectivity index (χ1) is 16.2. The van der Waals surface area contributed by atoms with Gasteiger partial charge in [-0.15, -0.1) is 0 Å². The molecule has 5 heteroatoms. The van der Waals surface area contributed by atoms with E-state index in [0.29, 0.717) is 11.3 Å². The highest BCUT2D eigenvalue weighted by atomic mass is 32.2. The lowest BCUT2D eigenvalue weighted by atomic mass is 10.1. The van der Waals surface area contributed by atoms with Crippen molar-refractivity contribution in [2.75, 3.05) is 6.61 Å². The van der Waals surface area contributed by atoms with Gasteiger partial charge in [0, 0.05) is 39.6 Å². The molecule has 34 heavy (non-hydrogen) atoms. The fourth-order valence-electron chi connectivity index (χ4n) is 3.76. The maximum absolute atomic E-state index is 13.3. The van der Waals surface area contributed by atoms with Crippen molar-refractivity contribution >= 4 is 26.5 Å². The highest BCUT2D eigenvalue weighted by Gasteiger charge is 2.22. The van der Waals surface area contributed by atoms with E-state index in [-0.39, 0.29) is 22.9 Å². The van der Waals surface area contributed by atoms with Gasteiger partial charge in [-0.25, -0.2) is 9.18 Å². The summed E-state index contributed by atoms with van der Waals surface area (Å²) < 4.78 is 26.0. The van der Waals surface area contributed by atoms with Crippen molar-refractivity contribution in [3.63, 3.8) is 0 Å². The number of ether oxygens (including phenoxy) is 2. The lowest BCUT2D eigenvalue weighted by Crippen LogP contribution is -2.29. The minimum Gasteiger partial charge on any atom is -0.481 e. The van der Waals surface area contributed by atoms with Gasteiger partial charge in [-0.05, 0) is 69.2 Å². The maximum Gasteiger partial charge on any atom is 0.345 e. The Kier molecular flexibility index (Phi) is 6.72. The van der Waals surface area contributed by atoms with Crippen LogP contribution in [0.25, 0.3) is 15.0 Å². The van der Waals surface area contributed by atoms with Gasteiger partial charge in [0.2, 0.25) is 0 Å². The standard InChI is InChI=1S/C29H26FO3S/c1-20-16-25(34-15-13-23-9-5-6-11-26(23)34)17-21(2)28(20)32-19-27(31)33-29(3,4)14-12-22-8-7-10-24(30)18-22/h5-11,13,15-18H,19H2,1-4H3/q+1. The molecule has 0 radical (unpaired) electrons. The maximum atomic E-state index is 13.3. The second-order valence-corrected chi connectivity index (χ2v) is 10.5. The molecule has 4 rings (SSSR count). The summed E-state index contributed by atoms with van der Waals surface area (Å²) in [6.45, 7) is 7.13. The number of hydrogen-bond acceptors (Lipinski definition) is 3. The average Bonchev–Trinajstić information content (AvgIpc) is 3.21. The first-order valence-corrected chi connectivity index (χ1v) is 12.3. The second-order valence-electron chi connectivity index (χ2n) is 8.60. The Bertz CT molecular complexity index is 1400. The van der Waals surface area contributed by atoms with Gasteiger partial charge in [0.15, 0.2) is 21.8 Å². The van der Waals surface area contributed by atoms with E-state index in [0.717, 1.165) is 11.1 Å². The first-order valence-electron chi connectivity index (χ1n) is 11.0. The summed E-state index contributed by atoms with van der Waals surface area (Å²) in [5, 5.41) is 3.50. The monoisotopic (exact) mass is 473 g/mol. The van der Waals surface area contributed by atoms with E-state index in [1.54, 1.807) is 26.0 Å². The molecule has 0 amide bonds. The third-order valence-electron chi connectivity index (χ3n) is 5.26. The quantitative estimate of drug-likeness (QED) is 0.176. The Hall–Kier alpha value is -3.62. The van der Waals surface area contributed by atoms with E-state index in [1.165, 1.54) is 27.1 Å². The van der Waals surface area contributed by atoms with Crippen LogP contribution in [0.3, 0.4) is 0 Å². The van der Waals surface area contributed by atoms with Gasteiger partial charge >= 0.3 is 5.97 Å². The molecule has 0 saturated heterocycles. The van der Waals surface area contributed by atoms with Crippen LogP contribution < -0.4 is 4.74 Å². The highest BCUT2D eigenvalue weighted by Crippen LogP contribution is 2.42. The largest absolute Gasteiger partial charge is 0.481 e. The molecule has 4 aromatic rings. The zero-order chi connectivity index (χ0) is 24.3. The number of halogens is 1. The van der Waals surface area contributed by atoms with E-state index in [2.05, 4.69) is 59.7 Å². The van der Waals surface area contributed by atoms with Gasteiger partial charge in [0.05, 0.1) is 0 Å². The van der Waals surface area contributed by atoms with Crippen molar-refractivity contribution in [3.05, 3.63) is 94.6 Å². The fourth-order valence-corrected chi connectivity index (χ4v) is 5.83. The second kappa shape index (κ2) is 9.70. The summed E-state index contributed by atoms with van der Waals surface area (Å²) in [4.78, 5) is 13.7. The summed E-state index contributed by atoms with van der Waals surface area (Å²) in [6, 6.07) is 20.8. The summed E-state index contributed by atoms with van der Waals surface area (Å²) in [6.07, 6.45) is 0. The van der Waals surface area contributed by atoms with Crippen LogP contribution >= 0.6 is 10.5 Å². The molecule has 0 aliphatic carbocycles. The van der Waals surface area contributed by atoms with Gasteiger partial charge < -0.3 is 9.47 Å². The number of aryl methyl sites for hydroxylation is 2. The number of carbonyl (C=O) groups is 1. The minimum atomic E-state index is -1.04. The van der Waals surface area contributed by atoms with Crippen molar-refractivity contribution in [1.82, 2.24) is 0 Å². The lowest BCUT2D eigenvalue weighted by molar-refractivity contribution is -0.154. The number of rotatable bonds is 5. The molecular formula is C29H26FO3S+. The van der Waals surface area contributed by atoms with E-state index >= 15 is 0 Å². The van der Waals surface area contributed by atoms with Crippen LogP contribution in [0.15, 0.2) is 72.1 Å². The highest BCUT2D eigenvalue weighted by molar-refractivity contribution is 7.43. The number of hydrogen-bond donors (Lipinski definition) is 0. The molecule has 0 aliphatic heterocycles. The Balaban J connectivity index is 1.44. The summed E-state index contributed by atoms with van der Waals surface area (Å²) in [5.74, 6) is 5.54. The molecular weight excluding hydrogens is 447 g/mol. The number of carbonyl (C=O) groups excluding carboxylic acids is 1. The lowest BCUT2D eigenvalue weighted by Gasteiger charge is -2.19. The number of benzene rings is 3. The molecule has 1 heterocycles. The van der Waals surface area contributed by atoms with Crippen LogP contribution in [0, 0.1) is 31.5 Å². The molecule has 0 bridgehead atoms. The summed E-state index contributed by atoms with van der Waals surface area (Å²) >= 11 is 0. The van der Waals surface area contributed by atoms with Crippen molar-refractivity contribution in [1.29, 1.82) is 0 Å². The van der Waals surface area contributed by atoms with E-state index in [4.69, 9.17) is 9.47 Å². The fraction of sp³-hybridized carbons (Fsp3) is 0.207. The van der Waals surface area contributed by atoms with Crippen molar-refractivity contribution in [2.24, 2.45) is 0 Å². The van der Waals surface area contributed by atoms with Crippen LogP contribution in [0.5, 0.6) is 5.75 Å². The van der Waals surface area contributed by atoms with Crippen LogP contribution in [-0.2, 0) is 9.53 Å². The normalized spacial score (nSPS) is 11.6. The van der Waals surface area contributed by atoms with Crippen molar-refractivity contribution in [3.8, 4) is 22.5 Å². The average molecular weight is 474 g/mol. The van der Waals surface area contributed by atoms with Gasteiger partial charge in [-0.2, -0.15) is 0 Å². The summed E-state index contributed by atoms with van der Waals surface area (Å²) in [7, 11) is -0.107. The SMILES string of the molecule is Cc1cc(-[s+]2ccc3ccccc32)cc(C)c1OCC(=O)OC(C)(C)C#Cc1cccc(F)c1. The number of thiophene rings is 1. The molecule has 0 aliphatic rings. The molecule has 1 aromatic heterocycles. The molecule has 0 N–H and O–H groups in total. The molecule has 172 valence electrons. The van der Waals surface area contributed by atoms with Crippen LogP contribution in [0.2, 0.25) is 0 Å². The van der Waals surface area contributed by atoms with Crippen LogP contribution in [0.1, 0.15) is 30.5 Å². The molecule has 3 aromatic carbocycles. The van der Waals surface area contributed by atoms with E-state index in [1.807, 2.05) is 13.8 Å². The first kappa shape index (κ1) is 23.5. The Morgan fingerprint density at radius 3 is 2.47 bits per heavy atom.